The average Bonchev–Trinajstić information content (AvgIpc) is 2.42. The van der Waals surface area contributed by atoms with Gasteiger partial charge in [0.05, 0.1) is 14.2 Å². The number of aryl methyl sites for hydroxylation is 1. The Hall–Kier alpha value is -1.36. The second-order valence-electron chi connectivity index (χ2n) is 3.76. The van der Waals surface area contributed by atoms with Gasteiger partial charge >= 0.3 is 0 Å². The fraction of sp³-hybridized carbons (Fsp3) is 0.462. The quantitative estimate of drug-likeness (QED) is 0.740. The molecule has 18 heavy (non-hydrogen) atoms. The van der Waals surface area contributed by atoms with Crippen molar-refractivity contribution < 1.29 is 14.3 Å². The Morgan fingerprint density at radius 2 is 2.00 bits per heavy atom. The molecule has 1 aromatic carbocycles. The van der Waals surface area contributed by atoms with E-state index in [-0.39, 0.29) is 5.91 Å². The van der Waals surface area contributed by atoms with Crippen molar-refractivity contribution in [3.05, 3.63) is 23.8 Å². The minimum absolute atomic E-state index is 0.0406. The van der Waals surface area contributed by atoms with Gasteiger partial charge in [0, 0.05) is 18.7 Å². The Balaban J connectivity index is 2.55. The van der Waals surface area contributed by atoms with Gasteiger partial charge in [-0.15, -0.1) is 0 Å². The monoisotopic (exact) mass is 269 g/mol. The highest BCUT2D eigenvalue weighted by molar-refractivity contribution is 7.80. The highest BCUT2D eigenvalue weighted by Crippen LogP contribution is 2.27. The molecule has 0 heterocycles. The van der Waals surface area contributed by atoms with Crippen LogP contribution in [-0.2, 0) is 11.2 Å². The third-order valence-corrected chi connectivity index (χ3v) is 2.75. The summed E-state index contributed by atoms with van der Waals surface area (Å²) >= 11 is 4.04. The van der Waals surface area contributed by atoms with Gasteiger partial charge in [-0.05, 0) is 24.1 Å². The van der Waals surface area contributed by atoms with Crippen LogP contribution in [0.5, 0.6) is 11.5 Å². The summed E-state index contributed by atoms with van der Waals surface area (Å²) in [6.07, 6.45) is 1.14. The number of nitrogens with one attached hydrogen (secondary N) is 1. The number of carbonyl (C=O) groups is 1. The Labute approximate surface area is 113 Å². The molecule has 5 heteroatoms. The zero-order valence-corrected chi connectivity index (χ0v) is 11.6. The first-order valence-corrected chi connectivity index (χ1v) is 6.43. The number of thiol groups is 1. The Bertz CT molecular complexity index is 396. The maximum Gasteiger partial charge on any atom is 0.220 e. The van der Waals surface area contributed by atoms with Crippen LogP contribution in [0, 0.1) is 0 Å². The fourth-order valence-corrected chi connectivity index (χ4v) is 1.69. The largest absolute Gasteiger partial charge is 0.493 e. The third kappa shape index (κ3) is 4.49. The highest BCUT2D eigenvalue weighted by Gasteiger charge is 2.06. The molecule has 0 aromatic heterocycles. The van der Waals surface area contributed by atoms with Crippen molar-refractivity contribution >= 4 is 18.5 Å². The summed E-state index contributed by atoms with van der Waals surface area (Å²) in [5.41, 5.74) is 1.05. The van der Waals surface area contributed by atoms with Crippen LogP contribution < -0.4 is 14.8 Å². The zero-order chi connectivity index (χ0) is 13.4. The maximum absolute atomic E-state index is 11.5. The van der Waals surface area contributed by atoms with E-state index in [0.717, 1.165) is 5.56 Å². The van der Waals surface area contributed by atoms with Crippen LogP contribution >= 0.6 is 12.6 Å². The van der Waals surface area contributed by atoms with Gasteiger partial charge in [0.15, 0.2) is 11.5 Å². The van der Waals surface area contributed by atoms with E-state index < -0.39 is 0 Å². The van der Waals surface area contributed by atoms with E-state index in [9.17, 15) is 4.79 Å². The molecule has 4 nitrogen and oxygen atoms in total. The average molecular weight is 269 g/mol. The number of rotatable bonds is 7. The van der Waals surface area contributed by atoms with E-state index in [0.29, 0.717) is 36.6 Å². The van der Waals surface area contributed by atoms with Crippen LogP contribution in [0.15, 0.2) is 18.2 Å². The first-order valence-electron chi connectivity index (χ1n) is 5.79. The van der Waals surface area contributed by atoms with Crippen molar-refractivity contribution in [3.8, 4) is 11.5 Å². The summed E-state index contributed by atoms with van der Waals surface area (Å²) in [7, 11) is 3.20. The number of hydrogen-bond donors (Lipinski definition) is 2. The summed E-state index contributed by atoms with van der Waals surface area (Å²) in [6.45, 7) is 0.605. The Morgan fingerprint density at radius 3 is 2.61 bits per heavy atom. The van der Waals surface area contributed by atoms with E-state index in [1.165, 1.54) is 0 Å². The van der Waals surface area contributed by atoms with Crippen LogP contribution in [0.1, 0.15) is 12.0 Å². The molecule has 0 fully saturated rings. The molecule has 1 aromatic rings. The summed E-state index contributed by atoms with van der Waals surface area (Å²) < 4.78 is 10.4. The van der Waals surface area contributed by atoms with Gasteiger partial charge in [-0.1, -0.05) is 6.07 Å². The maximum atomic E-state index is 11.5. The van der Waals surface area contributed by atoms with E-state index in [2.05, 4.69) is 17.9 Å². The molecule has 1 N–H and O–H groups in total. The molecule has 0 aliphatic heterocycles. The molecule has 0 saturated heterocycles. The van der Waals surface area contributed by atoms with Gasteiger partial charge in [0.25, 0.3) is 0 Å². The molecule has 0 unspecified atom stereocenters. The number of ether oxygens (including phenoxy) is 2. The lowest BCUT2D eigenvalue weighted by Gasteiger charge is -2.09. The van der Waals surface area contributed by atoms with Crippen molar-refractivity contribution in [1.29, 1.82) is 0 Å². The molecule has 1 amide bonds. The molecule has 0 bridgehead atoms. The molecule has 0 atom stereocenters. The predicted molar refractivity (Wildman–Crippen MR) is 74.7 cm³/mol. The lowest BCUT2D eigenvalue weighted by Crippen LogP contribution is -2.25. The van der Waals surface area contributed by atoms with E-state index in [4.69, 9.17) is 9.47 Å². The molecular formula is C13H19NO3S. The van der Waals surface area contributed by atoms with Crippen molar-refractivity contribution in [2.75, 3.05) is 26.5 Å². The second kappa shape index (κ2) is 7.87. The van der Waals surface area contributed by atoms with Crippen molar-refractivity contribution in [2.24, 2.45) is 0 Å². The van der Waals surface area contributed by atoms with Crippen LogP contribution in [0.3, 0.4) is 0 Å². The number of hydrogen-bond acceptors (Lipinski definition) is 4. The van der Waals surface area contributed by atoms with Gasteiger partial charge in [-0.3, -0.25) is 4.79 Å². The van der Waals surface area contributed by atoms with Gasteiger partial charge in [0.1, 0.15) is 0 Å². The molecule has 0 aliphatic carbocycles. The SMILES string of the molecule is COc1ccc(CCC(=O)NCCS)cc1OC. The second-order valence-corrected chi connectivity index (χ2v) is 4.21. The Kier molecular flexibility index (Phi) is 6.43. The van der Waals surface area contributed by atoms with Crippen LogP contribution in [0.4, 0.5) is 0 Å². The minimum Gasteiger partial charge on any atom is -0.493 e. The van der Waals surface area contributed by atoms with Crippen molar-refractivity contribution in [1.82, 2.24) is 5.32 Å². The van der Waals surface area contributed by atoms with Gasteiger partial charge in [0.2, 0.25) is 5.91 Å². The van der Waals surface area contributed by atoms with Crippen LogP contribution in [-0.4, -0.2) is 32.4 Å². The number of carbonyl (C=O) groups excluding carboxylic acids is 1. The van der Waals surface area contributed by atoms with Crippen molar-refractivity contribution in [3.63, 3.8) is 0 Å². The van der Waals surface area contributed by atoms with Crippen LogP contribution in [0.2, 0.25) is 0 Å². The van der Waals surface area contributed by atoms with Gasteiger partial charge < -0.3 is 14.8 Å². The normalized spacial score (nSPS) is 9.94. The van der Waals surface area contributed by atoms with Crippen LogP contribution in [0.25, 0.3) is 0 Å². The van der Waals surface area contributed by atoms with E-state index in [1.807, 2.05) is 18.2 Å². The number of methoxy groups -OCH3 is 2. The summed E-state index contributed by atoms with van der Waals surface area (Å²) in [6, 6.07) is 5.68. The smallest absolute Gasteiger partial charge is 0.220 e. The molecule has 0 spiro atoms. The lowest BCUT2D eigenvalue weighted by atomic mass is 10.1. The Morgan fingerprint density at radius 1 is 1.28 bits per heavy atom. The standard InChI is InChI=1S/C13H19NO3S/c1-16-11-5-3-10(9-12(11)17-2)4-6-13(15)14-7-8-18/h3,5,9,18H,4,6-8H2,1-2H3,(H,14,15). The highest BCUT2D eigenvalue weighted by atomic mass is 32.1. The molecule has 1 rings (SSSR count). The summed E-state index contributed by atoms with van der Waals surface area (Å²) in [4.78, 5) is 11.5. The van der Waals surface area contributed by atoms with E-state index in [1.54, 1.807) is 14.2 Å². The molecule has 0 aliphatic rings. The lowest BCUT2D eigenvalue weighted by molar-refractivity contribution is -0.120. The molecular weight excluding hydrogens is 250 g/mol. The molecule has 0 saturated carbocycles. The first kappa shape index (κ1) is 14.7. The summed E-state index contributed by atoms with van der Waals surface area (Å²) in [5, 5.41) is 2.78. The minimum atomic E-state index is 0.0406. The topological polar surface area (TPSA) is 47.6 Å². The first-order chi connectivity index (χ1) is 8.71. The molecule has 0 radical (unpaired) electrons. The van der Waals surface area contributed by atoms with Gasteiger partial charge in [-0.25, -0.2) is 0 Å². The zero-order valence-electron chi connectivity index (χ0n) is 10.7. The molecule has 100 valence electrons. The number of benzene rings is 1. The summed E-state index contributed by atoms with van der Waals surface area (Å²) in [5.74, 6) is 2.08. The van der Waals surface area contributed by atoms with E-state index >= 15 is 0 Å². The third-order valence-electron chi connectivity index (χ3n) is 2.52. The van der Waals surface area contributed by atoms with Crippen molar-refractivity contribution in [2.45, 2.75) is 12.8 Å². The van der Waals surface area contributed by atoms with Gasteiger partial charge in [-0.2, -0.15) is 12.6 Å². The fourth-order valence-electron chi connectivity index (χ4n) is 1.58. The predicted octanol–water partition coefficient (Wildman–Crippen LogP) is 1.68. The number of amides is 1.